The number of nitrogens with one attached hydrogen (secondary N) is 1. The van der Waals surface area contributed by atoms with Crippen molar-refractivity contribution in [2.45, 2.75) is 25.3 Å². The zero-order valence-corrected chi connectivity index (χ0v) is 12.0. The maximum Gasteiger partial charge on any atom is 0.350 e. The second kappa shape index (κ2) is 6.76. The van der Waals surface area contributed by atoms with Crippen LogP contribution in [0.1, 0.15) is 24.2 Å². The number of hydrogen-bond donors (Lipinski definition) is 1. The number of nitrogens with zero attached hydrogens (tertiary/aromatic N) is 2. The molecule has 0 amide bonds. The second-order valence-electron chi connectivity index (χ2n) is 4.35. The van der Waals surface area contributed by atoms with Gasteiger partial charge < -0.3 is 9.84 Å². The molecule has 1 aromatic heterocycles. The Morgan fingerprint density at radius 1 is 1.30 bits per heavy atom. The highest BCUT2D eigenvalue weighted by molar-refractivity contribution is 5.85. The molecule has 7 heteroatoms. The van der Waals surface area contributed by atoms with Crippen LogP contribution in [-0.4, -0.2) is 23.2 Å². The monoisotopic (exact) mass is 303 g/mol. The fraction of sp³-hybridized carbons (Fsp3) is 0.385. The summed E-state index contributed by atoms with van der Waals surface area (Å²) < 4.78 is 32.9. The first-order valence-electron chi connectivity index (χ1n) is 5.97. The number of alkyl halides is 2. The van der Waals surface area contributed by atoms with Crippen molar-refractivity contribution in [3.05, 3.63) is 47.6 Å². The zero-order chi connectivity index (χ0) is 13.9. The van der Waals surface area contributed by atoms with Crippen molar-refractivity contribution in [2.24, 2.45) is 0 Å². The predicted octanol–water partition coefficient (Wildman–Crippen LogP) is 2.78. The number of rotatable bonds is 5. The van der Waals surface area contributed by atoms with Crippen molar-refractivity contribution in [1.29, 1.82) is 0 Å². The van der Waals surface area contributed by atoms with Gasteiger partial charge in [0.15, 0.2) is 5.82 Å². The Labute approximate surface area is 122 Å². The molecule has 0 aliphatic rings. The van der Waals surface area contributed by atoms with Crippen LogP contribution in [0.5, 0.6) is 0 Å². The number of halogens is 3. The molecule has 2 aromatic rings. The fourth-order valence-electron chi connectivity index (χ4n) is 1.61. The van der Waals surface area contributed by atoms with Crippen LogP contribution < -0.4 is 5.32 Å². The summed E-state index contributed by atoms with van der Waals surface area (Å²) in [6.45, 7) is 1.91. The van der Waals surface area contributed by atoms with Crippen molar-refractivity contribution >= 4 is 12.4 Å². The lowest BCUT2D eigenvalue weighted by molar-refractivity contribution is 0.00761. The molecule has 1 N–H and O–H groups in total. The standard InChI is InChI=1S/C13H15F2N3O.ClH/c1-9(16-2)8-11-17-12(19-18-11)13(14,15)10-6-4-3-5-7-10;/h3-7,9,16H,8H2,1-2H3;1H. The van der Waals surface area contributed by atoms with Crippen LogP contribution in [0.15, 0.2) is 34.9 Å². The molecule has 110 valence electrons. The van der Waals surface area contributed by atoms with E-state index in [4.69, 9.17) is 4.52 Å². The summed E-state index contributed by atoms with van der Waals surface area (Å²) in [5.74, 6) is -3.67. The van der Waals surface area contributed by atoms with E-state index in [1.54, 1.807) is 25.2 Å². The molecule has 0 spiro atoms. The minimum atomic E-state index is -3.27. The minimum absolute atomic E-state index is 0. The van der Waals surface area contributed by atoms with Gasteiger partial charge in [-0.1, -0.05) is 35.5 Å². The molecule has 0 radical (unpaired) electrons. The van der Waals surface area contributed by atoms with Crippen molar-refractivity contribution in [1.82, 2.24) is 15.5 Å². The van der Waals surface area contributed by atoms with E-state index in [1.165, 1.54) is 12.1 Å². The quantitative estimate of drug-likeness (QED) is 0.923. The lowest BCUT2D eigenvalue weighted by Crippen LogP contribution is -2.24. The van der Waals surface area contributed by atoms with Gasteiger partial charge in [0.25, 0.3) is 0 Å². The zero-order valence-electron chi connectivity index (χ0n) is 11.1. The van der Waals surface area contributed by atoms with Gasteiger partial charge in [0.1, 0.15) is 0 Å². The maximum absolute atomic E-state index is 14.1. The molecule has 1 aromatic carbocycles. The molecular weight excluding hydrogens is 288 g/mol. The van der Waals surface area contributed by atoms with E-state index in [-0.39, 0.29) is 29.8 Å². The van der Waals surface area contributed by atoms with E-state index in [9.17, 15) is 8.78 Å². The highest BCUT2D eigenvalue weighted by atomic mass is 35.5. The third-order valence-corrected chi connectivity index (χ3v) is 2.85. The van der Waals surface area contributed by atoms with E-state index < -0.39 is 11.8 Å². The summed E-state index contributed by atoms with van der Waals surface area (Å²) in [5.41, 5.74) is -0.160. The topological polar surface area (TPSA) is 51.0 Å². The molecule has 0 fully saturated rings. The molecule has 4 nitrogen and oxygen atoms in total. The van der Waals surface area contributed by atoms with Gasteiger partial charge in [-0.05, 0) is 14.0 Å². The highest BCUT2D eigenvalue weighted by Gasteiger charge is 2.40. The van der Waals surface area contributed by atoms with Gasteiger partial charge in [0.05, 0.1) is 0 Å². The van der Waals surface area contributed by atoms with E-state index in [0.717, 1.165) is 0 Å². The Kier molecular flexibility index (Phi) is 5.59. The minimum Gasteiger partial charge on any atom is -0.332 e. The fourth-order valence-corrected chi connectivity index (χ4v) is 1.61. The van der Waals surface area contributed by atoms with Gasteiger partial charge >= 0.3 is 11.8 Å². The summed E-state index contributed by atoms with van der Waals surface area (Å²) in [7, 11) is 1.78. The van der Waals surface area contributed by atoms with Crippen molar-refractivity contribution in [3.63, 3.8) is 0 Å². The molecule has 0 bridgehead atoms. The molecule has 1 unspecified atom stereocenters. The number of benzene rings is 1. The Morgan fingerprint density at radius 2 is 1.95 bits per heavy atom. The van der Waals surface area contributed by atoms with E-state index in [2.05, 4.69) is 15.5 Å². The van der Waals surface area contributed by atoms with E-state index in [1.807, 2.05) is 6.92 Å². The largest absolute Gasteiger partial charge is 0.350 e. The van der Waals surface area contributed by atoms with Gasteiger partial charge in [-0.2, -0.15) is 13.8 Å². The summed E-state index contributed by atoms with van der Waals surface area (Å²) in [5, 5.41) is 6.57. The Bertz CT molecular complexity index is 533. The average Bonchev–Trinajstić information content (AvgIpc) is 2.89. The maximum atomic E-state index is 14.1. The van der Waals surface area contributed by atoms with Crippen molar-refractivity contribution in [2.75, 3.05) is 7.05 Å². The molecule has 0 aliphatic carbocycles. The van der Waals surface area contributed by atoms with Crippen LogP contribution in [-0.2, 0) is 12.3 Å². The lowest BCUT2D eigenvalue weighted by atomic mass is 10.1. The number of aromatic nitrogens is 2. The molecule has 0 saturated heterocycles. The first kappa shape index (κ1) is 16.5. The normalized spacial score (nSPS) is 12.8. The first-order valence-corrected chi connectivity index (χ1v) is 5.97. The SMILES string of the molecule is CNC(C)Cc1noc(C(F)(F)c2ccccc2)n1.Cl. The molecule has 1 heterocycles. The first-order chi connectivity index (χ1) is 9.04. The smallest absolute Gasteiger partial charge is 0.332 e. The number of likely N-dealkylation sites (N-methyl/N-ethyl adjacent to an activating group) is 1. The van der Waals surface area contributed by atoms with Crippen molar-refractivity contribution < 1.29 is 13.3 Å². The Balaban J connectivity index is 0.00000200. The van der Waals surface area contributed by atoms with Crippen LogP contribution >= 0.6 is 12.4 Å². The van der Waals surface area contributed by atoms with Gasteiger partial charge in [-0.25, -0.2) is 0 Å². The van der Waals surface area contributed by atoms with Crippen LogP contribution in [0, 0.1) is 0 Å². The van der Waals surface area contributed by atoms with Crippen LogP contribution in [0.25, 0.3) is 0 Å². The third kappa shape index (κ3) is 3.52. The lowest BCUT2D eigenvalue weighted by Gasteiger charge is -2.11. The van der Waals surface area contributed by atoms with Gasteiger partial charge in [-0.15, -0.1) is 12.4 Å². The van der Waals surface area contributed by atoms with Gasteiger partial charge in [0, 0.05) is 18.0 Å². The summed E-state index contributed by atoms with van der Waals surface area (Å²) >= 11 is 0. The third-order valence-electron chi connectivity index (χ3n) is 2.85. The van der Waals surface area contributed by atoms with Crippen LogP contribution in [0.4, 0.5) is 8.78 Å². The predicted molar refractivity (Wildman–Crippen MR) is 73.2 cm³/mol. The molecule has 2 rings (SSSR count). The van der Waals surface area contributed by atoms with Gasteiger partial charge in [0.2, 0.25) is 0 Å². The van der Waals surface area contributed by atoms with E-state index in [0.29, 0.717) is 6.42 Å². The van der Waals surface area contributed by atoms with E-state index >= 15 is 0 Å². The van der Waals surface area contributed by atoms with Crippen LogP contribution in [0.3, 0.4) is 0 Å². The molecular formula is C13H16ClF2N3O. The van der Waals surface area contributed by atoms with Crippen LogP contribution in [0.2, 0.25) is 0 Å². The molecule has 1 atom stereocenters. The number of hydrogen-bond acceptors (Lipinski definition) is 4. The molecule has 0 aliphatic heterocycles. The molecule has 0 saturated carbocycles. The second-order valence-corrected chi connectivity index (χ2v) is 4.35. The Hall–Kier alpha value is -1.53. The average molecular weight is 304 g/mol. The molecule has 20 heavy (non-hydrogen) atoms. The summed E-state index contributed by atoms with van der Waals surface area (Å²) in [6, 6.07) is 7.52. The Morgan fingerprint density at radius 3 is 2.55 bits per heavy atom. The van der Waals surface area contributed by atoms with Crippen molar-refractivity contribution in [3.8, 4) is 0 Å². The van der Waals surface area contributed by atoms with Gasteiger partial charge in [-0.3, -0.25) is 0 Å². The highest BCUT2D eigenvalue weighted by Crippen LogP contribution is 2.34. The summed E-state index contributed by atoms with van der Waals surface area (Å²) in [6.07, 6.45) is 0.435. The summed E-state index contributed by atoms with van der Waals surface area (Å²) in [4.78, 5) is 3.78.